The number of ether oxygens (including phenoxy) is 2. The van der Waals surface area contributed by atoms with Gasteiger partial charge in [-0.05, 0) is 64.3 Å². The molecule has 3 rings (SSSR count). The van der Waals surface area contributed by atoms with Gasteiger partial charge < -0.3 is 9.47 Å². The van der Waals surface area contributed by atoms with E-state index in [2.05, 4.69) is 27.7 Å². The molecular weight excluding hydrogens is 264 g/mol. The summed E-state index contributed by atoms with van der Waals surface area (Å²) >= 11 is 0. The van der Waals surface area contributed by atoms with E-state index in [1.54, 1.807) is 0 Å². The molecule has 0 radical (unpaired) electrons. The summed E-state index contributed by atoms with van der Waals surface area (Å²) in [5.74, 6) is 1.11. The fourth-order valence-electron chi connectivity index (χ4n) is 3.56. The number of rotatable bonds is 2. The lowest BCUT2D eigenvalue weighted by Gasteiger charge is -2.28. The molecular formula is C18H24O3. The molecule has 0 saturated carbocycles. The van der Waals surface area contributed by atoms with Gasteiger partial charge in [-0.1, -0.05) is 0 Å². The highest BCUT2D eigenvalue weighted by molar-refractivity contribution is 5.98. The maximum absolute atomic E-state index is 11.9. The van der Waals surface area contributed by atoms with Gasteiger partial charge in [0.15, 0.2) is 5.78 Å². The van der Waals surface area contributed by atoms with Crippen molar-refractivity contribution < 1.29 is 14.3 Å². The molecule has 1 aromatic carbocycles. The monoisotopic (exact) mass is 288 g/mol. The topological polar surface area (TPSA) is 35.5 Å². The second kappa shape index (κ2) is 4.84. The third-order valence-corrected chi connectivity index (χ3v) is 4.50. The summed E-state index contributed by atoms with van der Waals surface area (Å²) in [6, 6.07) is 5.87. The van der Waals surface area contributed by atoms with E-state index in [-0.39, 0.29) is 23.1 Å². The minimum absolute atomic E-state index is 0.0323. The number of aryl methyl sites for hydroxylation is 1. The van der Waals surface area contributed by atoms with Crippen molar-refractivity contribution in [2.45, 2.75) is 70.7 Å². The van der Waals surface area contributed by atoms with Crippen LogP contribution in [-0.2, 0) is 11.2 Å². The zero-order valence-corrected chi connectivity index (χ0v) is 13.4. The Morgan fingerprint density at radius 1 is 1.19 bits per heavy atom. The summed E-state index contributed by atoms with van der Waals surface area (Å²) in [6.45, 7) is 8.36. The summed E-state index contributed by atoms with van der Waals surface area (Å²) in [7, 11) is 0. The average molecular weight is 288 g/mol. The van der Waals surface area contributed by atoms with Crippen molar-refractivity contribution in [3.05, 3.63) is 29.3 Å². The van der Waals surface area contributed by atoms with Gasteiger partial charge in [-0.25, -0.2) is 0 Å². The van der Waals surface area contributed by atoms with Crippen LogP contribution in [0, 0.1) is 0 Å². The number of ketones is 1. The maximum Gasteiger partial charge on any atom is 0.163 e. The van der Waals surface area contributed by atoms with Gasteiger partial charge >= 0.3 is 0 Å². The van der Waals surface area contributed by atoms with Crippen LogP contribution in [0.4, 0.5) is 0 Å². The van der Waals surface area contributed by atoms with Crippen molar-refractivity contribution >= 4 is 5.78 Å². The summed E-state index contributed by atoms with van der Waals surface area (Å²) in [5, 5.41) is 0. The number of Topliss-reactive ketones (excluding diaryl/α,β-unsaturated/α-hetero) is 1. The van der Waals surface area contributed by atoms with E-state index in [0.717, 1.165) is 36.1 Å². The van der Waals surface area contributed by atoms with Gasteiger partial charge in [0.2, 0.25) is 0 Å². The normalized spacial score (nSPS) is 26.5. The number of hydrogen-bond acceptors (Lipinski definition) is 3. The van der Waals surface area contributed by atoms with Gasteiger partial charge in [0.1, 0.15) is 17.5 Å². The fraction of sp³-hybridized carbons (Fsp3) is 0.611. The van der Waals surface area contributed by atoms with Crippen molar-refractivity contribution in [1.82, 2.24) is 0 Å². The lowest BCUT2D eigenvalue weighted by atomic mass is 9.90. The van der Waals surface area contributed by atoms with Crippen LogP contribution in [0.1, 0.15) is 62.9 Å². The van der Waals surface area contributed by atoms with Crippen LogP contribution in [0.3, 0.4) is 0 Å². The number of benzene rings is 1. The van der Waals surface area contributed by atoms with Crippen LogP contribution in [0.25, 0.3) is 0 Å². The molecule has 1 aromatic rings. The zero-order chi connectivity index (χ0) is 15.3. The largest absolute Gasteiger partial charge is 0.487 e. The standard InChI is InChI=1S/C18H24O3/c1-17(2)11-16(18(3,4)21-17)20-13-8-9-14-12(10-13)6-5-7-15(14)19/h8-10,16H,5-7,11H2,1-4H3. The first-order valence-corrected chi connectivity index (χ1v) is 7.80. The van der Waals surface area contributed by atoms with E-state index in [1.807, 2.05) is 18.2 Å². The van der Waals surface area contributed by atoms with Crippen LogP contribution in [0.5, 0.6) is 5.75 Å². The predicted molar refractivity (Wildman–Crippen MR) is 82.0 cm³/mol. The Balaban J connectivity index is 1.81. The molecule has 114 valence electrons. The van der Waals surface area contributed by atoms with Crippen LogP contribution < -0.4 is 4.74 Å². The molecule has 0 bridgehead atoms. The molecule has 3 nitrogen and oxygen atoms in total. The van der Waals surface area contributed by atoms with E-state index in [9.17, 15) is 4.79 Å². The van der Waals surface area contributed by atoms with Crippen molar-refractivity contribution in [1.29, 1.82) is 0 Å². The Morgan fingerprint density at radius 2 is 1.95 bits per heavy atom. The first kappa shape index (κ1) is 14.6. The van der Waals surface area contributed by atoms with Crippen molar-refractivity contribution in [2.75, 3.05) is 0 Å². The van der Waals surface area contributed by atoms with E-state index < -0.39 is 0 Å². The predicted octanol–water partition coefficient (Wildman–Crippen LogP) is 3.93. The third-order valence-electron chi connectivity index (χ3n) is 4.50. The number of hydrogen-bond donors (Lipinski definition) is 0. The van der Waals surface area contributed by atoms with Crippen molar-refractivity contribution in [2.24, 2.45) is 0 Å². The molecule has 1 aliphatic heterocycles. The van der Waals surface area contributed by atoms with E-state index in [1.165, 1.54) is 0 Å². The molecule has 2 aliphatic rings. The Hall–Kier alpha value is -1.35. The van der Waals surface area contributed by atoms with E-state index in [4.69, 9.17) is 9.47 Å². The lowest BCUT2D eigenvalue weighted by molar-refractivity contribution is -0.0846. The Labute approximate surface area is 126 Å². The minimum atomic E-state index is -0.296. The fourth-order valence-corrected chi connectivity index (χ4v) is 3.56. The molecule has 0 amide bonds. The first-order valence-electron chi connectivity index (χ1n) is 7.80. The van der Waals surface area contributed by atoms with Gasteiger partial charge in [0.05, 0.1) is 5.60 Å². The highest BCUT2D eigenvalue weighted by atomic mass is 16.6. The molecule has 3 heteroatoms. The molecule has 0 spiro atoms. The quantitative estimate of drug-likeness (QED) is 0.827. The van der Waals surface area contributed by atoms with Crippen LogP contribution in [0.2, 0.25) is 0 Å². The maximum atomic E-state index is 11.9. The number of fused-ring (bicyclic) bond motifs is 1. The number of carbonyl (C=O) groups excluding carboxylic acids is 1. The molecule has 21 heavy (non-hydrogen) atoms. The van der Waals surface area contributed by atoms with Gasteiger partial charge in [-0.15, -0.1) is 0 Å². The van der Waals surface area contributed by atoms with E-state index in [0.29, 0.717) is 6.42 Å². The molecule has 1 atom stereocenters. The van der Waals surface area contributed by atoms with Crippen molar-refractivity contribution in [3.63, 3.8) is 0 Å². The van der Waals surface area contributed by atoms with E-state index >= 15 is 0 Å². The van der Waals surface area contributed by atoms with Crippen molar-refractivity contribution in [3.8, 4) is 5.75 Å². The highest BCUT2D eigenvalue weighted by Crippen LogP contribution is 2.40. The SMILES string of the molecule is CC1(C)CC(Oc2ccc3c(c2)CCCC3=O)C(C)(C)O1. The lowest BCUT2D eigenvalue weighted by Crippen LogP contribution is -2.36. The smallest absolute Gasteiger partial charge is 0.163 e. The molecule has 1 fully saturated rings. The Morgan fingerprint density at radius 3 is 2.62 bits per heavy atom. The van der Waals surface area contributed by atoms with Gasteiger partial charge in [-0.3, -0.25) is 4.79 Å². The molecule has 1 aliphatic carbocycles. The molecule has 0 aromatic heterocycles. The van der Waals surface area contributed by atoms with Gasteiger partial charge in [-0.2, -0.15) is 0 Å². The zero-order valence-electron chi connectivity index (χ0n) is 13.4. The van der Waals surface area contributed by atoms with Crippen LogP contribution in [-0.4, -0.2) is 23.1 Å². The van der Waals surface area contributed by atoms with Gasteiger partial charge in [0.25, 0.3) is 0 Å². The van der Waals surface area contributed by atoms with Crippen LogP contribution >= 0.6 is 0 Å². The highest BCUT2D eigenvalue weighted by Gasteiger charge is 2.47. The summed E-state index contributed by atoms with van der Waals surface area (Å²) in [5.41, 5.74) is 1.55. The molecule has 1 saturated heterocycles. The first-order chi connectivity index (χ1) is 9.77. The van der Waals surface area contributed by atoms with Crippen LogP contribution in [0.15, 0.2) is 18.2 Å². The summed E-state index contributed by atoms with van der Waals surface area (Å²) in [4.78, 5) is 11.9. The molecule has 1 heterocycles. The molecule has 0 N–H and O–H groups in total. The molecule has 1 unspecified atom stereocenters. The van der Waals surface area contributed by atoms with Gasteiger partial charge in [0, 0.05) is 18.4 Å². The second-order valence-electron chi connectivity index (χ2n) is 7.37. The summed E-state index contributed by atoms with van der Waals surface area (Å²) < 4.78 is 12.3. The Bertz CT molecular complexity index is 572. The average Bonchev–Trinajstić information content (AvgIpc) is 2.57. The number of carbonyl (C=O) groups is 1. The Kier molecular flexibility index (Phi) is 3.36. The second-order valence-corrected chi connectivity index (χ2v) is 7.37. The third kappa shape index (κ3) is 2.84. The minimum Gasteiger partial charge on any atom is -0.487 e. The summed E-state index contributed by atoms with van der Waals surface area (Å²) in [6.07, 6.45) is 3.49.